The highest BCUT2D eigenvalue weighted by molar-refractivity contribution is 5.69. The van der Waals surface area contributed by atoms with E-state index in [-0.39, 0.29) is 12.6 Å². The Morgan fingerprint density at radius 2 is 0.542 bits per heavy atom. The van der Waals surface area contributed by atoms with Crippen molar-refractivity contribution >= 4 is 5.97 Å². The number of rotatable bonds is 43. The van der Waals surface area contributed by atoms with Gasteiger partial charge in [-0.1, -0.05) is 33.1 Å². The van der Waals surface area contributed by atoms with Crippen LogP contribution in [0.25, 0.3) is 0 Å². The molecular weight excluding hydrogens is 632 g/mol. The number of esters is 1. The van der Waals surface area contributed by atoms with Crippen LogP contribution >= 0.6 is 0 Å². The monoisotopic (exact) mass is 700 g/mol. The van der Waals surface area contributed by atoms with Crippen molar-refractivity contribution in [1.82, 2.24) is 0 Å². The third-order valence-electron chi connectivity index (χ3n) is 6.18. The van der Waals surface area contributed by atoms with Crippen LogP contribution in [-0.2, 0) is 66.4 Å². The fraction of sp³-hybridized carbons (Fsp3) is 0.971. The van der Waals surface area contributed by atoms with Gasteiger partial charge in [-0.2, -0.15) is 0 Å². The van der Waals surface area contributed by atoms with Crippen molar-refractivity contribution < 1.29 is 66.4 Å². The highest BCUT2D eigenvalue weighted by Gasteiger charge is 2.00. The van der Waals surface area contributed by atoms with E-state index >= 15 is 0 Å². The van der Waals surface area contributed by atoms with Gasteiger partial charge in [0.1, 0.15) is 6.61 Å². The quantitative estimate of drug-likeness (QED) is 0.0681. The number of hydrogen-bond donors (Lipinski definition) is 0. The maximum atomic E-state index is 11.2. The fourth-order valence-corrected chi connectivity index (χ4v) is 3.64. The van der Waals surface area contributed by atoms with E-state index in [1.54, 1.807) is 0 Å². The summed E-state index contributed by atoms with van der Waals surface area (Å²) in [6.45, 7) is 17.0. The summed E-state index contributed by atoms with van der Waals surface area (Å²) in [5, 5.41) is 0. The molecule has 0 heterocycles. The Labute approximate surface area is 289 Å². The van der Waals surface area contributed by atoms with Crippen LogP contribution in [0.4, 0.5) is 0 Å². The lowest BCUT2D eigenvalue weighted by Crippen LogP contribution is -2.15. The average Bonchev–Trinajstić information content (AvgIpc) is 3.09. The highest BCUT2D eigenvalue weighted by atomic mass is 16.6. The van der Waals surface area contributed by atoms with Gasteiger partial charge in [0.05, 0.1) is 152 Å². The largest absolute Gasteiger partial charge is 0.463 e. The fourth-order valence-electron chi connectivity index (χ4n) is 3.64. The molecule has 0 aromatic carbocycles. The summed E-state index contributed by atoms with van der Waals surface area (Å²) >= 11 is 0. The number of ether oxygens (including phenoxy) is 13. The first-order chi connectivity index (χ1) is 23.8. The van der Waals surface area contributed by atoms with Gasteiger partial charge in [0.25, 0.3) is 0 Å². The Morgan fingerprint density at radius 1 is 0.292 bits per heavy atom. The van der Waals surface area contributed by atoms with Gasteiger partial charge in [-0.15, -0.1) is 0 Å². The molecule has 0 fully saturated rings. The van der Waals surface area contributed by atoms with Gasteiger partial charge in [0.2, 0.25) is 0 Å². The predicted octanol–water partition coefficient (Wildman–Crippen LogP) is 3.11. The number of hydrogen-bond acceptors (Lipinski definition) is 14. The minimum absolute atomic E-state index is 0.188. The van der Waals surface area contributed by atoms with Gasteiger partial charge >= 0.3 is 5.97 Å². The molecule has 0 aliphatic heterocycles. The van der Waals surface area contributed by atoms with E-state index < -0.39 is 0 Å². The SMILES string of the molecule is CCCCCCOCCOCCOCCOCCOCCOCCOCCOCCOCCOCCOCCOCCOC(=O)CCC. The van der Waals surface area contributed by atoms with Crippen LogP contribution in [0.5, 0.6) is 0 Å². The van der Waals surface area contributed by atoms with Crippen LogP contribution in [0, 0.1) is 0 Å². The Bertz CT molecular complexity index is 602. The third kappa shape index (κ3) is 43.0. The molecule has 0 saturated heterocycles. The summed E-state index contributed by atoms with van der Waals surface area (Å²) in [7, 11) is 0. The Hall–Kier alpha value is -1.01. The van der Waals surface area contributed by atoms with E-state index in [1.165, 1.54) is 19.3 Å². The molecule has 14 heteroatoms. The van der Waals surface area contributed by atoms with Gasteiger partial charge in [-0.25, -0.2) is 0 Å². The molecule has 14 nitrogen and oxygen atoms in total. The molecule has 48 heavy (non-hydrogen) atoms. The van der Waals surface area contributed by atoms with E-state index in [4.69, 9.17) is 61.6 Å². The first-order valence-corrected chi connectivity index (χ1v) is 17.9. The Balaban J connectivity index is 3.06. The number of carbonyl (C=O) groups is 1. The predicted molar refractivity (Wildman–Crippen MR) is 180 cm³/mol. The number of unbranched alkanes of at least 4 members (excludes halogenated alkanes) is 3. The molecule has 0 radical (unpaired) electrons. The van der Waals surface area contributed by atoms with E-state index in [9.17, 15) is 4.79 Å². The molecule has 0 atom stereocenters. The second-order valence-electron chi connectivity index (χ2n) is 10.4. The minimum atomic E-state index is -0.188. The van der Waals surface area contributed by atoms with Gasteiger partial charge in [-0.05, 0) is 12.8 Å². The minimum Gasteiger partial charge on any atom is -0.463 e. The molecule has 0 unspecified atom stereocenters. The molecule has 0 aromatic rings. The maximum Gasteiger partial charge on any atom is 0.305 e. The second kappa shape index (κ2) is 44.0. The topological polar surface area (TPSA) is 137 Å². The second-order valence-corrected chi connectivity index (χ2v) is 10.4. The first kappa shape index (κ1) is 47.0. The van der Waals surface area contributed by atoms with Crippen LogP contribution in [0.2, 0.25) is 0 Å². The molecular formula is C34H68O14. The molecule has 0 N–H and O–H groups in total. The van der Waals surface area contributed by atoms with Crippen molar-refractivity contribution in [3.8, 4) is 0 Å². The zero-order chi connectivity index (χ0) is 34.7. The molecule has 0 amide bonds. The van der Waals surface area contributed by atoms with Gasteiger partial charge in [0.15, 0.2) is 0 Å². The summed E-state index contributed by atoms with van der Waals surface area (Å²) in [5.41, 5.74) is 0. The van der Waals surface area contributed by atoms with Crippen LogP contribution in [0.3, 0.4) is 0 Å². The Kier molecular flexibility index (Phi) is 43.1. The zero-order valence-corrected chi connectivity index (χ0v) is 30.1. The average molecular weight is 701 g/mol. The summed E-state index contributed by atoms with van der Waals surface area (Å²) in [5.74, 6) is -0.188. The van der Waals surface area contributed by atoms with Gasteiger partial charge < -0.3 is 61.6 Å². The zero-order valence-electron chi connectivity index (χ0n) is 30.1. The van der Waals surface area contributed by atoms with Gasteiger partial charge in [-0.3, -0.25) is 4.79 Å². The molecule has 0 aliphatic rings. The van der Waals surface area contributed by atoms with Crippen molar-refractivity contribution in [3.63, 3.8) is 0 Å². The highest BCUT2D eigenvalue weighted by Crippen LogP contribution is 1.98. The molecule has 0 spiro atoms. The summed E-state index contributed by atoms with van der Waals surface area (Å²) in [6.07, 6.45) is 6.11. The molecule has 0 aliphatic carbocycles. The van der Waals surface area contributed by atoms with E-state index in [0.29, 0.717) is 158 Å². The molecule has 0 rings (SSSR count). The van der Waals surface area contributed by atoms with Crippen molar-refractivity contribution in [2.24, 2.45) is 0 Å². The van der Waals surface area contributed by atoms with Gasteiger partial charge in [0, 0.05) is 13.0 Å². The van der Waals surface area contributed by atoms with Crippen LogP contribution in [0.15, 0.2) is 0 Å². The summed E-state index contributed by atoms with van der Waals surface area (Å²) in [6, 6.07) is 0. The van der Waals surface area contributed by atoms with Crippen LogP contribution in [-0.4, -0.2) is 171 Å². The van der Waals surface area contributed by atoms with E-state index in [2.05, 4.69) is 6.92 Å². The van der Waals surface area contributed by atoms with Crippen molar-refractivity contribution in [1.29, 1.82) is 0 Å². The van der Waals surface area contributed by atoms with Crippen molar-refractivity contribution in [2.75, 3.05) is 165 Å². The lowest BCUT2D eigenvalue weighted by Gasteiger charge is -2.09. The Morgan fingerprint density at radius 3 is 0.792 bits per heavy atom. The lowest BCUT2D eigenvalue weighted by atomic mass is 10.2. The molecule has 0 saturated carbocycles. The summed E-state index contributed by atoms with van der Waals surface area (Å²) < 4.78 is 70.6. The van der Waals surface area contributed by atoms with Crippen molar-refractivity contribution in [2.45, 2.75) is 52.4 Å². The molecule has 0 bridgehead atoms. The third-order valence-corrected chi connectivity index (χ3v) is 6.18. The first-order valence-electron chi connectivity index (χ1n) is 17.9. The number of carbonyl (C=O) groups excluding carboxylic acids is 1. The van der Waals surface area contributed by atoms with Crippen molar-refractivity contribution in [3.05, 3.63) is 0 Å². The lowest BCUT2D eigenvalue weighted by molar-refractivity contribution is -0.145. The van der Waals surface area contributed by atoms with E-state index in [1.807, 2.05) is 6.92 Å². The molecule has 288 valence electrons. The summed E-state index contributed by atoms with van der Waals surface area (Å²) in [4.78, 5) is 11.2. The standard InChI is InChI=1S/C34H68O14/c1-3-5-6-7-9-36-10-11-37-12-13-38-14-15-39-16-17-40-18-19-41-20-21-42-22-23-43-24-25-44-26-27-45-28-29-46-30-31-47-32-33-48-34(35)8-4-2/h3-33H2,1-2H3. The van der Waals surface area contributed by atoms with Crippen LogP contribution in [0.1, 0.15) is 52.4 Å². The smallest absolute Gasteiger partial charge is 0.305 e. The maximum absolute atomic E-state index is 11.2. The van der Waals surface area contributed by atoms with Crippen LogP contribution < -0.4 is 0 Å². The normalized spacial score (nSPS) is 11.5. The van der Waals surface area contributed by atoms with E-state index in [0.717, 1.165) is 19.4 Å². The molecule has 0 aromatic heterocycles.